The number of hydrogen-bond acceptors (Lipinski definition) is 3. The summed E-state index contributed by atoms with van der Waals surface area (Å²) in [4.78, 5) is 4.14. The molecule has 0 saturated heterocycles. The van der Waals surface area contributed by atoms with Crippen molar-refractivity contribution in [2.75, 3.05) is 12.8 Å². The third-order valence-corrected chi connectivity index (χ3v) is 1.59. The zero-order valence-corrected chi connectivity index (χ0v) is 7.01. The maximum absolute atomic E-state index is 5.63. The van der Waals surface area contributed by atoms with E-state index in [1.54, 1.807) is 7.11 Å². The maximum atomic E-state index is 5.63. The van der Waals surface area contributed by atoms with Crippen LogP contribution in [-0.2, 0) is 0 Å². The average molecular weight is 152 g/mol. The van der Waals surface area contributed by atoms with Crippen LogP contribution < -0.4 is 10.5 Å². The number of hydrogen-bond donors (Lipinski definition) is 1. The maximum Gasteiger partial charge on any atom is 0.216 e. The number of aromatic nitrogens is 1. The fraction of sp³-hybridized carbons (Fsp3) is 0.375. The highest BCUT2D eigenvalue weighted by molar-refractivity contribution is 5.47. The van der Waals surface area contributed by atoms with Gasteiger partial charge in [0.1, 0.15) is 0 Å². The molecule has 0 fully saturated rings. The van der Waals surface area contributed by atoms with Crippen molar-refractivity contribution in [2.24, 2.45) is 0 Å². The zero-order chi connectivity index (χ0) is 8.43. The molecule has 11 heavy (non-hydrogen) atoms. The molecule has 0 atom stereocenters. The Bertz CT molecular complexity index is 271. The molecule has 0 saturated carbocycles. The fourth-order valence-electron chi connectivity index (χ4n) is 0.911. The monoisotopic (exact) mass is 152 g/mol. The lowest BCUT2D eigenvalue weighted by Gasteiger charge is -2.05. The van der Waals surface area contributed by atoms with Gasteiger partial charge in [-0.05, 0) is 19.9 Å². The van der Waals surface area contributed by atoms with Crippen molar-refractivity contribution in [1.82, 2.24) is 4.98 Å². The van der Waals surface area contributed by atoms with Gasteiger partial charge >= 0.3 is 0 Å². The molecule has 0 unspecified atom stereocenters. The van der Waals surface area contributed by atoms with E-state index in [0.717, 1.165) is 11.3 Å². The van der Waals surface area contributed by atoms with Gasteiger partial charge < -0.3 is 10.5 Å². The van der Waals surface area contributed by atoms with Crippen LogP contribution in [0.15, 0.2) is 6.07 Å². The van der Waals surface area contributed by atoms with Crippen molar-refractivity contribution in [3.05, 3.63) is 17.3 Å². The molecule has 0 aliphatic rings. The second kappa shape index (κ2) is 2.78. The normalized spacial score (nSPS) is 9.73. The largest absolute Gasteiger partial charge is 0.481 e. The summed E-state index contributed by atoms with van der Waals surface area (Å²) >= 11 is 0. The van der Waals surface area contributed by atoms with Crippen LogP contribution in [0.25, 0.3) is 0 Å². The topological polar surface area (TPSA) is 48.1 Å². The van der Waals surface area contributed by atoms with Crippen molar-refractivity contribution in [3.8, 4) is 5.88 Å². The van der Waals surface area contributed by atoms with Gasteiger partial charge in [0.2, 0.25) is 5.88 Å². The lowest BCUT2D eigenvalue weighted by Crippen LogP contribution is -1.98. The summed E-state index contributed by atoms with van der Waals surface area (Å²) in [5.41, 5.74) is 8.12. The second-order valence-electron chi connectivity index (χ2n) is 2.49. The van der Waals surface area contributed by atoms with Gasteiger partial charge in [-0.25, -0.2) is 4.98 Å². The van der Waals surface area contributed by atoms with E-state index in [1.165, 1.54) is 0 Å². The van der Waals surface area contributed by atoms with E-state index in [4.69, 9.17) is 10.5 Å². The molecule has 3 heteroatoms. The second-order valence-corrected chi connectivity index (χ2v) is 2.49. The van der Waals surface area contributed by atoms with Crippen molar-refractivity contribution >= 4 is 5.69 Å². The molecule has 1 rings (SSSR count). The number of nitrogen functional groups attached to an aromatic ring is 1. The van der Waals surface area contributed by atoms with E-state index in [9.17, 15) is 0 Å². The SMILES string of the molecule is COc1nc(C)c(N)cc1C. The summed E-state index contributed by atoms with van der Waals surface area (Å²) in [7, 11) is 1.60. The molecule has 60 valence electrons. The molecule has 0 bridgehead atoms. The molecular formula is C8H12N2O. The highest BCUT2D eigenvalue weighted by Gasteiger charge is 2.02. The summed E-state index contributed by atoms with van der Waals surface area (Å²) in [6, 6.07) is 1.86. The molecule has 1 aromatic rings. The molecule has 0 spiro atoms. The lowest BCUT2D eigenvalue weighted by molar-refractivity contribution is 0.394. The Morgan fingerprint density at radius 3 is 2.64 bits per heavy atom. The Labute approximate surface area is 66.2 Å². The highest BCUT2D eigenvalue weighted by atomic mass is 16.5. The first-order valence-corrected chi connectivity index (χ1v) is 3.43. The molecular weight excluding hydrogens is 140 g/mol. The Hall–Kier alpha value is -1.25. The lowest BCUT2D eigenvalue weighted by atomic mass is 10.2. The van der Waals surface area contributed by atoms with Crippen LogP contribution in [0.4, 0.5) is 5.69 Å². The first-order chi connectivity index (χ1) is 5.15. The van der Waals surface area contributed by atoms with Gasteiger partial charge in [-0.3, -0.25) is 0 Å². The number of methoxy groups -OCH3 is 1. The van der Waals surface area contributed by atoms with E-state index < -0.39 is 0 Å². The third kappa shape index (κ3) is 1.42. The molecule has 0 aliphatic carbocycles. The molecule has 1 aromatic heterocycles. The minimum absolute atomic E-state index is 0.650. The van der Waals surface area contributed by atoms with Crippen LogP contribution in [0.1, 0.15) is 11.3 Å². The van der Waals surface area contributed by atoms with Crippen molar-refractivity contribution in [1.29, 1.82) is 0 Å². The van der Waals surface area contributed by atoms with Crippen LogP contribution in [0, 0.1) is 13.8 Å². The van der Waals surface area contributed by atoms with E-state index in [-0.39, 0.29) is 0 Å². The van der Waals surface area contributed by atoms with E-state index in [2.05, 4.69) is 4.98 Å². The number of nitrogens with zero attached hydrogens (tertiary/aromatic N) is 1. The van der Waals surface area contributed by atoms with Crippen LogP contribution in [0.3, 0.4) is 0 Å². The number of nitrogens with two attached hydrogens (primary N) is 1. The van der Waals surface area contributed by atoms with Gasteiger partial charge in [-0.2, -0.15) is 0 Å². The van der Waals surface area contributed by atoms with E-state index >= 15 is 0 Å². The predicted octanol–water partition coefficient (Wildman–Crippen LogP) is 1.29. The van der Waals surface area contributed by atoms with Gasteiger partial charge in [0.15, 0.2) is 0 Å². The summed E-state index contributed by atoms with van der Waals surface area (Å²) in [5, 5.41) is 0. The minimum Gasteiger partial charge on any atom is -0.481 e. The molecule has 0 aliphatic heterocycles. The third-order valence-electron chi connectivity index (χ3n) is 1.59. The molecule has 0 aromatic carbocycles. The summed E-state index contributed by atoms with van der Waals surface area (Å²) in [6.45, 7) is 3.78. The van der Waals surface area contributed by atoms with E-state index in [1.807, 2.05) is 19.9 Å². The number of rotatable bonds is 1. The van der Waals surface area contributed by atoms with Crippen LogP contribution in [-0.4, -0.2) is 12.1 Å². The Morgan fingerprint density at radius 1 is 1.45 bits per heavy atom. The van der Waals surface area contributed by atoms with Crippen molar-refractivity contribution in [3.63, 3.8) is 0 Å². The van der Waals surface area contributed by atoms with E-state index in [0.29, 0.717) is 11.6 Å². The van der Waals surface area contributed by atoms with Gasteiger partial charge in [0.25, 0.3) is 0 Å². The number of anilines is 1. The summed E-state index contributed by atoms with van der Waals surface area (Å²) < 4.78 is 5.01. The zero-order valence-electron chi connectivity index (χ0n) is 7.01. The molecule has 3 nitrogen and oxygen atoms in total. The molecule has 0 radical (unpaired) electrons. The standard InChI is InChI=1S/C8H12N2O/c1-5-4-7(9)6(2)10-8(5)11-3/h4H,9H2,1-3H3. The first kappa shape index (κ1) is 7.85. The Balaban J connectivity index is 3.21. The van der Waals surface area contributed by atoms with Gasteiger partial charge in [-0.15, -0.1) is 0 Å². The molecule has 1 heterocycles. The molecule has 0 amide bonds. The minimum atomic E-state index is 0.650. The smallest absolute Gasteiger partial charge is 0.216 e. The highest BCUT2D eigenvalue weighted by Crippen LogP contribution is 2.18. The summed E-state index contributed by atoms with van der Waals surface area (Å²) in [5.74, 6) is 0.650. The van der Waals surface area contributed by atoms with Crippen LogP contribution >= 0.6 is 0 Å². The quantitative estimate of drug-likeness (QED) is 0.659. The van der Waals surface area contributed by atoms with Crippen LogP contribution in [0.5, 0.6) is 5.88 Å². The van der Waals surface area contributed by atoms with Crippen molar-refractivity contribution in [2.45, 2.75) is 13.8 Å². The number of pyridine rings is 1. The Kier molecular flexibility index (Phi) is 1.98. The van der Waals surface area contributed by atoms with Gasteiger partial charge in [0.05, 0.1) is 18.5 Å². The number of ether oxygens (including phenoxy) is 1. The number of aryl methyl sites for hydroxylation is 2. The fourth-order valence-corrected chi connectivity index (χ4v) is 0.911. The first-order valence-electron chi connectivity index (χ1n) is 3.43. The van der Waals surface area contributed by atoms with Crippen LogP contribution in [0.2, 0.25) is 0 Å². The van der Waals surface area contributed by atoms with Crippen molar-refractivity contribution < 1.29 is 4.74 Å². The average Bonchev–Trinajstić information content (AvgIpc) is 1.97. The van der Waals surface area contributed by atoms with Gasteiger partial charge in [-0.1, -0.05) is 0 Å². The predicted molar refractivity (Wildman–Crippen MR) is 44.7 cm³/mol. The molecule has 2 N–H and O–H groups in total. The van der Waals surface area contributed by atoms with Gasteiger partial charge in [0, 0.05) is 5.56 Å². The summed E-state index contributed by atoms with van der Waals surface area (Å²) in [6.07, 6.45) is 0. The Morgan fingerprint density at radius 2 is 2.09 bits per heavy atom.